The van der Waals surface area contributed by atoms with Gasteiger partial charge in [-0.3, -0.25) is 4.79 Å². The maximum absolute atomic E-state index is 13.4. The number of rotatable bonds is 3. The maximum Gasteiger partial charge on any atom is 0.410 e. The van der Waals surface area contributed by atoms with Gasteiger partial charge in [-0.05, 0) is 32.9 Å². The van der Waals surface area contributed by atoms with Crippen LogP contribution >= 0.6 is 0 Å². The second-order valence-corrected chi connectivity index (χ2v) is 11.4. The number of nitrogens with zero attached hydrogens (tertiary/aromatic N) is 5. The molecule has 3 aromatic rings. The van der Waals surface area contributed by atoms with Crippen LogP contribution in [0.4, 0.5) is 16.2 Å². The van der Waals surface area contributed by atoms with Crippen molar-refractivity contribution >= 4 is 29.0 Å². The standard InChI is InChI=1S/C28H34N6O5/c1-27(2,3)39-26(36)33-9-5-28(6-10-33)17-19-15-21(22(16-23(19)38-28)32-11-13-37-14-12-32)31-25(35)20-18-30-34-8-4-7-29-24(20)34/h4,7-8,15-16,18H,5-6,9-14,17H2,1-3H3,(H,31,35). The van der Waals surface area contributed by atoms with Gasteiger partial charge in [-0.15, -0.1) is 0 Å². The van der Waals surface area contributed by atoms with Crippen molar-refractivity contribution in [1.29, 1.82) is 0 Å². The fourth-order valence-corrected chi connectivity index (χ4v) is 5.51. The van der Waals surface area contributed by atoms with E-state index in [-0.39, 0.29) is 17.6 Å². The highest BCUT2D eigenvalue weighted by atomic mass is 16.6. The Morgan fingerprint density at radius 1 is 1.10 bits per heavy atom. The SMILES string of the molecule is CC(C)(C)OC(=O)N1CCC2(CC1)Cc1cc(NC(=O)c3cnn4cccnc34)c(N3CCOCC3)cc1O2. The zero-order valence-electron chi connectivity index (χ0n) is 22.6. The number of benzene rings is 1. The molecule has 0 bridgehead atoms. The molecule has 2 aromatic heterocycles. The topological polar surface area (TPSA) is 111 Å². The molecule has 2 saturated heterocycles. The number of ether oxygens (including phenoxy) is 3. The fourth-order valence-electron chi connectivity index (χ4n) is 5.51. The van der Waals surface area contributed by atoms with E-state index in [0.29, 0.717) is 50.4 Å². The minimum Gasteiger partial charge on any atom is -0.486 e. The van der Waals surface area contributed by atoms with Crippen LogP contribution in [0.1, 0.15) is 49.5 Å². The highest BCUT2D eigenvalue weighted by molar-refractivity contribution is 6.09. The Labute approximate surface area is 227 Å². The first-order chi connectivity index (χ1) is 18.7. The van der Waals surface area contributed by atoms with Crippen molar-refractivity contribution < 1.29 is 23.8 Å². The summed E-state index contributed by atoms with van der Waals surface area (Å²) in [4.78, 5) is 34.3. The molecule has 1 spiro atoms. The van der Waals surface area contributed by atoms with E-state index in [1.807, 2.05) is 32.9 Å². The Hall–Kier alpha value is -3.86. The molecule has 39 heavy (non-hydrogen) atoms. The van der Waals surface area contributed by atoms with Gasteiger partial charge >= 0.3 is 6.09 Å². The number of fused-ring (bicyclic) bond motifs is 2. The van der Waals surface area contributed by atoms with Gasteiger partial charge in [0.05, 0.1) is 30.8 Å². The Morgan fingerprint density at radius 2 is 1.87 bits per heavy atom. The van der Waals surface area contributed by atoms with Crippen LogP contribution in [0.15, 0.2) is 36.8 Å². The van der Waals surface area contributed by atoms with Crippen LogP contribution in [-0.2, 0) is 15.9 Å². The van der Waals surface area contributed by atoms with Crippen molar-refractivity contribution in [1.82, 2.24) is 19.5 Å². The number of aromatic nitrogens is 3. The van der Waals surface area contributed by atoms with E-state index in [9.17, 15) is 9.59 Å². The van der Waals surface area contributed by atoms with E-state index in [1.165, 1.54) is 6.20 Å². The lowest BCUT2D eigenvalue weighted by Gasteiger charge is -2.39. The third kappa shape index (κ3) is 5.10. The summed E-state index contributed by atoms with van der Waals surface area (Å²) in [6.07, 6.45) is 6.80. The molecule has 2 fully saturated rings. The lowest BCUT2D eigenvalue weighted by atomic mass is 9.87. The third-order valence-electron chi connectivity index (χ3n) is 7.47. The van der Waals surface area contributed by atoms with Crippen molar-refractivity contribution in [3.8, 4) is 5.75 Å². The van der Waals surface area contributed by atoms with Crippen molar-refractivity contribution in [2.24, 2.45) is 0 Å². The molecule has 1 N–H and O–H groups in total. The summed E-state index contributed by atoms with van der Waals surface area (Å²) in [5, 5.41) is 7.38. The monoisotopic (exact) mass is 534 g/mol. The first-order valence-corrected chi connectivity index (χ1v) is 13.5. The van der Waals surface area contributed by atoms with Crippen LogP contribution in [0, 0.1) is 0 Å². The normalized spacial score (nSPS) is 18.6. The van der Waals surface area contributed by atoms with Crippen LogP contribution in [-0.4, -0.2) is 82.1 Å². The summed E-state index contributed by atoms with van der Waals surface area (Å²) in [5.74, 6) is 0.565. The fraction of sp³-hybridized carbons (Fsp3) is 0.500. The Morgan fingerprint density at radius 3 is 2.62 bits per heavy atom. The summed E-state index contributed by atoms with van der Waals surface area (Å²) >= 11 is 0. The Kier molecular flexibility index (Phi) is 6.33. The van der Waals surface area contributed by atoms with Gasteiger partial charge in [0.25, 0.3) is 5.91 Å². The average Bonchev–Trinajstić information content (AvgIpc) is 3.49. The number of carbonyl (C=O) groups excluding carboxylic acids is 2. The molecule has 0 unspecified atom stereocenters. The van der Waals surface area contributed by atoms with Crippen LogP contribution in [0.3, 0.4) is 0 Å². The van der Waals surface area contributed by atoms with Crippen molar-refractivity contribution in [3.63, 3.8) is 0 Å². The van der Waals surface area contributed by atoms with E-state index in [2.05, 4.69) is 20.3 Å². The number of likely N-dealkylation sites (tertiary alicyclic amines) is 1. The van der Waals surface area contributed by atoms with Crippen LogP contribution in [0.25, 0.3) is 5.65 Å². The summed E-state index contributed by atoms with van der Waals surface area (Å²) in [7, 11) is 0. The van der Waals surface area contributed by atoms with E-state index in [0.717, 1.165) is 42.2 Å². The minimum atomic E-state index is -0.525. The van der Waals surface area contributed by atoms with E-state index in [1.54, 1.807) is 27.9 Å². The Balaban J connectivity index is 1.24. The van der Waals surface area contributed by atoms with Crippen molar-refractivity contribution in [2.75, 3.05) is 49.6 Å². The van der Waals surface area contributed by atoms with Gasteiger partial charge in [0.1, 0.15) is 22.5 Å². The second kappa shape index (κ2) is 9.71. The molecule has 5 heterocycles. The van der Waals surface area contributed by atoms with Gasteiger partial charge in [-0.2, -0.15) is 5.10 Å². The lowest BCUT2D eigenvalue weighted by molar-refractivity contribution is -0.00888. The predicted molar refractivity (Wildman–Crippen MR) is 145 cm³/mol. The number of morpholine rings is 1. The molecule has 3 aliphatic heterocycles. The first-order valence-electron chi connectivity index (χ1n) is 13.5. The molecule has 1 aromatic carbocycles. The molecule has 206 valence electrons. The molecule has 6 rings (SSSR count). The summed E-state index contributed by atoms with van der Waals surface area (Å²) in [6.45, 7) is 9.45. The highest BCUT2D eigenvalue weighted by Crippen LogP contribution is 2.45. The number of piperidine rings is 1. The number of carbonyl (C=O) groups is 2. The second-order valence-electron chi connectivity index (χ2n) is 11.4. The van der Waals surface area contributed by atoms with E-state index >= 15 is 0 Å². The van der Waals surface area contributed by atoms with Crippen LogP contribution in [0.5, 0.6) is 5.75 Å². The van der Waals surface area contributed by atoms with Gasteiger partial charge in [-0.1, -0.05) is 0 Å². The molecule has 0 saturated carbocycles. The Bertz CT molecular complexity index is 1400. The summed E-state index contributed by atoms with van der Waals surface area (Å²) in [5.41, 5.74) is 2.68. The number of hydrogen-bond donors (Lipinski definition) is 1. The summed E-state index contributed by atoms with van der Waals surface area (Å²) in [6, 6.07) is 5.85. The molecule has 0 atom stereocenters. The van der Waals surface area contributed by atoms with Gasteiger partial charge in [-0.25, -0.2) is 14.3 Å². The van der Waals surface area contributed by atoms with Gasteiger partial charge in [0.15, 0.2) is 5.65 Å². The number of anilines is 2. The number of hydrogen-bond acceptors (Lipinski definition) is 8. The highest BCUT2D eigenvalue weighted by Gasteiger charge is 2.44. The van der Waals surface area contributed by atoms with Crippen molar-refractivity contribution in [2.45, 2.75) is 51.2 Å². The number of amides is 2. The minimum absolute atomic E-state index is 0.266. The van der Waals surface area contributed by atoms with Gasteiger partial charge < -0.3 is 29.3 Å². The quantitative estimate of drug-likeness (QED) is 0.544. The molecular formula is C28H34N6O5. The third-order valence-corrected chi connectivity index (χ3v) is 7.47. The van der Waals surface area contributed by atoms with Crippen LogP contribution in [0.2, 0.25) is 0 Å². The van der Waals surface area contributed by atoms with Crippen LogP contribution < -0.4 is 15.0 Å². The molecule has 0 radical (unpaired) electrons. The molecule has 3 aliphatic rings. The molecule has 11 heteroatoms. The largest absolute Gasteiger partial charge is 0.486 e. The first kappa shape index (κ1) is 25.4. The van der Waals surface area contributed by atoms with E-state index < -0.39 is 5.60 Å². The summed E-state index contributed by atoms with van der Waals surface area (Å²) < 4.78 is 19.3. The molecule has 2 amide bonds. The molecular weight excluding hydrogens is 500 g/mol. The van der Waals surface area contributed by atoms with E-state index in [4.69, 9.17) is 14.2 Å². The predicted octanol–water partition coefficient (Wildman–Crippen LogP) is 3.52. The molecule has 0 aliphatic carbocycles. The maximum atomic E-state index is 13.4. The zero-order valence-corrected chi connectivity index (χ0v) is 22.6. The lowest BCUT2D eigenvalue weighted by Crippen LogP contribution is -2.50. The van der Waals surface area contributed by atoms with Crippen molar-refractivity contribution in [3.05, 3.63) is 47.9 Å². The number of nitrogens with one attached hydrogen (secondary N) is 1. The van der Waals surface area contributed by atoms with Gasteiger partial charge in [0.2, 0.25) is 0 Å². The smallest absolute Gasteiger partial charge is 0.410 e. The molecule has 11 nitrogen and oxygen atoms in total. The zero-order chi connectivity index (χ0) is 27.2. The van der Waals surface area contributed by atoms with Gasteiger partial charge in [0, 0.05) is 69.5 Å². The average molecular weight is 535 g/mol.